The van der Waals surface area contributed by atoms with Crippen molar-refractivity contribution in [2.75, 3.05) is 35.7 Å². The fourth-order valence-corrected chi connectivity index (χ4v) is 2.81. The van der Waals surface area contributed by atoms with Crippen LogP contribution in [0.4, 0.5) is 17.1 Å². The van der Waals surface area contributed by atoms with Crippen molar-refractivity contribution in [2.45, 2.75) is 27.2 Å². The molecule has 0 saturated carbocycles. The first-order valence-electron chi connectivity index (χ1n) is 9.06. The maximum Gasteiger partial charge on any atom is 0.233 e. The number of nitrogens with zero attached hydrogens (tertiary/aromatic N) is 1. The Morgan fingerprint density at radius 2 is 1.59 bits per heavy atom. The van der Waals surface area contributed by atoms with E-state index in [4.69, 9.17) is 4.74 Å². The van der Waals surface area contributed by atoms with Gasteiger partial charge in [-0.2, -0.15) is 0 Å². The third-order valence-electron chi connectivity index (χ3n) is 4.23. The molecule has 0 bridgehead atoms. The lowest BCUT2D eigenvalue weighted by Gasteiger charge is -2.21. The molecule has 0 aliphatic heterocycles. The maximum absolute atomic E-state index is 12.2. The van der Waals surface area contributed by atoms with Gasteiger partial charge in [-0.3, -0.25) is 9.59 Å². The number of carbonyl (C=O) groups is 2. The standard InChI is InChI=1S/C21H27N3O3/c1-5-24(6-2)17-10-8-16(9-11-17)22-20(25)14-21(26)23-18-13-15(3)7-12-19(18)27-4/h7-13H,5-6,14H2,1-4H3,(H,22,25)(H,23,26). The van der Waals surface area contributed by atoms with Crippen LogP contribution in [0, 0.1) is 6.92 Å². The van der Waals surface area contributed by atoms with Crippen LogP contribution >= 0.6 is 0 Å². The Hall–Kier alpha value is -3.02. The smallest absolute Gasteiger partial charge is 0.233 e. The fourth-order valence-electron chi connectivity index (χ4n) is 2.81. The van der Waals surface area contributed by atoms with Crippen molar-refractivity contribution in [3.8, 4) is 5.75 Å². The van der Waals surface area contributed by atoms with Gasteiger partial charge < -0.3 is 20.3 Å². The fraction of sp³-hybridized carbons (Fsp3) is 0.333. The number of ether oxygens (including phenoxy) is 1. The second-order valence-electron chi connectivity index (χ2n) is 6.20. The van der Waals surface area contributed by atoms with Crippen LogP contribution in [0.3, 0.4) is 0 Å². The Bertz CT molecular complexity index is 784. The molecule has 6 heteroatoms. The predicted octanol–water partition coefficient (Wildman–Crippen LogP) is 3.82. The molecular weight excluding hydrogens is 342 g/mol. The van der Waals surface area contributed by atoms with Crippen molar-refractivity contribution in [1.29, 1.82) is 0 Å². The molecule has 2 N–H and O–H groups in total. The van der Waals surface area contributed by atoms with Crippen LogP contribution in [0.1, 0.15) is 25.8 Å². The minimum atomic E-state index is -0.392. The molecule has 0 atom stereocenters. The second kappa shape index (κ2) is 9.62. The van der Waals surface area contributed by atoms with Crippen molar-refractivity contribution >= 4 is 28.9 Å². The zero-order valence-electron chi connectivity index (χ0n) is 16.3. The number of aryl methyl sites for hydroxylation is 1. The van der Waals surface area contributed by atoms with E-state index in [-0.39, 0.29) is 12.3 Å². The molecule has 0 aliphatic carbocycles. The molecule has 0 saturated heterocycles. The Morgan fingerprint density at radius 3 is 2.19 bits per heavy atom. The van der Waals surface area contributed by atoms with E-state index in [0.29, 0.717) is 17.1 Å². The number of nitrogens with one attached hydrogen (secondary N) is 2. The van der Waals surface area contributed by atoms with Crippen LogP contribution < -0.4 is 20.3 Å². The number of rotatable bonds is 8. The number of benzene rings is 2. The third-order valence-corrected chi connectivity index (χ3v) is 4.23. The monoisotopic (exact) mass is 369 g/mol. The number of carbonyl (C=O) groups excluding carboxylic acids is 2. The zero-order valence-corrected chi connectivity index (χ0v) is 16.3. The highest BCUT2D eigenvalue weighted by molar-refractivity contribution is 6.08. The summed E-state index contributed by atoms with van der Waals surface area (Å²) in [5.41, 5.74) is 3.31. The van der Waals surface area contributed by atoms with Crippen LogP contribution in [0.25, 0.3) is 0 Å². The van der Waals surface area contributed by atoms with Gasteiger partial charge in [-0.05, 0) is 62.7 Å². The highest BCUT2D eigenvalue weighted by Gasteiger charge is 2.13. The minimum Gasteiger partial charge on any atom is -0.495 e. The van der Waals surface area contributed by atoms with E-state index in [1.807, 2.05) is 37.3 Å². The highest BCUT2D eigenvalue weighted by Crippen LogP contribution is 2.25. The number of methoxy groups -OCH3 is 1. The van der Waals surface area contributed by atoms with Gasteiger partial charge in [-0.25, -0.2) is 0 Å². The van der Waals surface area contributed by atoms with Crippen LogP contribution in [0.5, 0.6) is 5.75 Å². The first-order chi connectivity index (χ1) is 13.0. The van der Waals surface area contributed by atoms with E-state index in [0.717, 1.165) is 24.3 Å². The average Bonchev–Trinajstić information content (AvgIpc) is 2.64. The first-order valence-corrected chi connectivity index (χ1v) is 9.06. The van der Waals surface area contributed by atoms with Crippen molar-refractivity contribution in [3.05, 3.63) is 48.0 Å². The van der Waals surface area contributed by atoms with E-state index in [1.165, 1.54) is 7.11 Å². The molecule has 2 aromatic carbocycles. The van der Waals surface area contributed by atoms with E-state index in [2.05, 4.69) is 29.4 Å². The molecule has 0 fully saturated rings. The van der Waals surface area contributed by atoms with Gasteiger partial charge >= 0.3 is 0 Å². The Labute approximate surface area is 160 Å². The Morgan fingerprint density at radius 1 is 0.963 bits per heavy atom. The summed E-state index contributed by atoms with van der Waals surface area (Å²) in [6.07, 6.45) is -0.269. The highest BCUT2D eigenvalue weighted by atomic mass is 16.5. The number of hydrogen-bond donors (Lipinski definition) is 2. The van der Waals surface area contributed by atoms with Gasteiger partial charge in [0.05, 0.1) is 12.8 Å². The van der Waals surface area contributed by atoms with Crippen molar-refractivity contribution in [2.24, 2.45) is 0 Å². The summed E-state index contributed by atoms with van der Waals surface area (Å²) < 4.78 is 5.23. The minimum absolute atomic E-state index is 0.269. The Balaban J connectivity index is 1.93. The molecule has 0 aliphatic rings. The van der Waals surface area contributed by atoms with Crippen LogP contribution in [0.15, 0.2) is 42.5 Å². The molecule has 0 heterocycles. The van der Waals surface area contributed by atoms with E-state index < -0.39 is 5.91 Å². The molecule has 0 spiro atoms. The molecule has 0 unspecified atom stereocenters. The number of amides is 2. The average molecular weight is 369 g/mol. The van der Waals surface area contributed by atoms with E-state index in [1.54, 1.807) is 12.1 Å². The van der Waals surface area contributed by atoms with Gasteiger partial charge in [0.1, 0.15) is 12.2 Å². The lowest BCUT2D eigenvalue weighted by Crippen LogP contribution is -2.22. The molecule has 2 rings (SSSR count). The van der Waals surface area contributed by atoms with Crippen LogP contribution in [-0.4, -0.2) is 32.0 Å². The summed E-state index contributed by atoms with van der Waals surface area (Å²) >= 11 is 0. The van der Waals surface area contributed by atoms with Gasteiger partial charge in [0, 0.05) is 24.5 Å². The van der Waals surface area contributed by atoms with Crippen molar-refractivity contribution < 1.29 is 14.3 Å². The summed E-state index contributed by atoms with van der Waals surface area (Å²) in [6.45, 7) is 7.96. The SMILES string of the molecule is CCN(CC)c1ccc(NC(=O)CC(=O)Nc2cc(C)ccc2OC)cc1. The summed E-state index contributed by atoms with van der Waals surface area (Å²) in [5.74, 6) is -0.202. The van der Waals surface area contributed by atoms with Gasteiger partial charge in [-0.1, -0.05) is 6.07 Å². The summed E-state index contributed by atoms with van der Waals surface area (Å²) in [4.78, 5) is 26.5. The topological polar surface area (TPSA) is 70.7 Å². The second-order valence-corrected chi connectivity index (χ2v) is 6.20. The van der Waals surface area contributed by atoms with Crippen LogP contribution in [-0.2, 0) is 9.59 Å². The lowest BCUT2D eigenvalue weighted by molar-refractivity contribution is -0.123. The maximum atomic E-state index is 12.2. The molecule has 27 heavy (non-hydrogen) atoms. The summed E-state index contributed by atoms with van der Waals surface area (Å²) in [5, 5.41) is 5.48. The molecule has 0 aromatic heterocycles. The zero-order chi connectivity index (χ0) is 19.8. The van der Waals surface area contributed by atoms with E-state index in [9.17, 15) is 9.59 Å². The first kappa shape index (κ1) is 20.3. The summed E-state index contributed by atoms with van der Waals surface area (Å²) in [6, 6.07) is 13.1. The van der Waals surface area contributed by atoms with Crippen molar-refractivity contribution in [1.82, 2.24) is 0 Å². The predicted molar refractivity (Wildman–Crippen MR) is 110 cm³/mol. The van der Waals surface area contributed by atoms with Crippen LogP contribution in [0.2, 0.25) is 0 Å². The Kier molecular flexibility index (Phi) is 7.23. The molecule has 6 nitrogen and oxygen atoms in total. The summed E-state index contributed by atoms with van der Waals surface area (Å²) in [7, 11) is 1.54. The van der Waals surface area contributed by atoms with Crippen molar-refractivity contribution in [3.63, 3.8) is 0 Å². The van der Waals surface area contributed by atoms with E-state index >= 15 is 0 Å². The number of hydrogen-bond acceptors (Lipinski definition) is 4. The normalized spacial score (nSPS) is 10.2. The van der Waals surface area contributed by atoms with Gasteiger partial charge in [0.2, 0.25) is 11.8 Å². The molecule has 144 valence electrons. The molecule has 0 radical (unpaired) electrons. The largest absolute Gasteiger partial charge is 0.495 e. The third kappa shape index (κ3) is 5.74. The number of anilines is 3. The lowest BCUT2D eigenvalue weighted by atomic mass is 10.2. The molecule has 2 aromatic rings. The molecule has 2 amide bonds. The van der Waals surface area contributed by atoms with Gasteiger partial charge in [0.15, 0.2) is 0 Å². The van der Waals surface area contributed by atoms with Gasteiger partial charge in [0.25, 0.3) is 0 Å². The molecular formula is C21H27N3O3. The van der Waals surface area contributed by atoms with Gasteiger partial charge in [-0.15, -0.1) is 0 Å². The quantitative estimate of drug-likeness (QED) is 0.694.